The number of nitrogens with zero attached hydrogens (tertiary/aromatic N) is 2. The molecule has 1 amide bonds. The van der Waals surface area contributed by atoms with Crippen molar-refractivity contribution in [2.45, 2.75) is 18.9 Å². The lowest BCUT2D eigenvalue weighted by Gasteiger charge is -2.33. The normalized spacial score (nSPS) is 18.9. The molecule has 1 atom stereocenters. The first-order valence-electron chi connectivity index (χ1n) is 6.89. The van der Waals surface area contributed by atoms with Crippen LogP contribution in [0, 0.1) is 0 Å². The van der Waals surface area contributed by atoms with Crippen molar-refractivity contribution in [2.24, 2.45) is 5.73 Å². The van der Waals surface area contributed by atoms with Crippen LogP contribution in [-0.4, -0.2) is 37.1 Å². The average Bonchev–Trinajstić information content (AvgIpc) is 2.87. The van der Waals surface area contributed by atoms with Crippen molar-refractivity contribution in [3.05, 3.63) is 21.6 Å². The topological polar surface area (TPSA) is 71.2 Å². The second-order valence-corrected chi connectivity index (χ2v) is 7.70. The Morgan fingerprint density at radius 1 is 1.62 bits per heavy atom. The molecule has 0 aliphatic carbocycles. The Morgan fingerprint density at radius 2 is 2.43 bits per heavy atom. The van der Waals surface area contributed by atoms with E-state index in [4.69, 9.17) is 5.73 Å². The minimum atomic E-state index is -0.435. The molecule has 0 bridgehead atoms. The number of fused-ring (bicyclic) bond motifs is 1. The maximum Gasteiger partial charge on any atom is 0.251 e. The van der Waals surface area contributed by atoms with Gasteiger partial charge in [0.25, 0.3) is 5.91 Å². The van der Waals surface area contributed by atoms with E-state index in [9.17, 15) is 4.79 Å². The number of carbonyl (C=O) groups excluding carboxylic acids is 1. The smallest absolute Gasteiger partial charge is 0.251 e. The van der Waals surface area contributed by atoms with Crippen LogP contribution in [-0.2, 0) is 0 Å². The molecule has 2 aromatic rings. The van der Waals surface area contributed by atoms with Gasteiger partial charge in [0.15, 0.2) is 0 Å². The standard InChI is InChI=1S/C14H17BrN4OS/c1-19(8-3-2-4-17-6-8)14-9-5-11(15)21-12(9)10(7-18-14)13(16)20/h5,7-8,17H,2-4,6H2,1H3,(H2,16,20)/t8-/m0/s1. The van der Waals surface area contributed by atoms with Crippen molar-refractivity contribution in [1.29, 1.82) is 0 Å². The van der Waals surface area contributed by atoms with Crippen LogP contribution < -0.4 is 16.0 Å². The first-order valence-corrected chi connectivity index (χ1v) is 8.50. The summed E-state index contributed by atoms with van der Waals surface area (Å²) in [5.41, 5.74) is 5.93. The minimum absolute atomic E-state index is 0.424. The number of likely N-dealkylation sites (N-methyl/N-ethyl adjacent to an activating group) is 1. The molecule has 0 unspecified atom stereocenters. The summed E-state index contributed by atoms with van der Waals surface area (Å²) in [6, 6.07) is 2.44. The number of piperidine rings is 1. The highest BCUT2D eigenvalue weighted by atomic mass is 79.9. The van der Waals surface area contributed by atoms with Gasteiger partial charge in [0.1, 0.15) is 5.82 Å². The van der Waals surface area contributed by atoms with E-state index in [-0.39, 0.29) is 0 Å². The highest BCUT2D eigenvalue weighted by Gasteiger charge is 2.22. The molecule has 3 rings (SSSR count). The molecule has 1 aliphatic heterocycles. The highest BCUT2D eigenvalue weighted by molar-refractivity contribution is 9.11. The van der Waals surface area contributed by atoms with E-state index < -0.39 is 5.91 Å². The second kappa shape index (κ2) is 5.90. The Kier molecular flexibility index (Phi) is 4.14. The number of nitrogens with two attached hydrogens (primary N) is 1. The van der Waals surface area contributed by atoms with Crippen LogP contribution in [0.2, 0.25) is 0 Å². The van der Waals surface area contributed by atoms with Crippen LogP contribution >= 0.6 is 27.3 Å². The van der Waals surface area contributed by atoms with Crippen molar-refractivity contribution >= 4 is 49.1 Å². The zero-order chi connectivity index (χ0) is 15.0. The molecular weight excluding hydrogens is 352 g/mol. The first kappa shape index (κ1) is 14.7. The summed E-state index contributed by atoms with van der Waals surface area (Å²) in [6.45, 7) is 2.04. The predicted molar refractivity (Wildman–Crippen MR) is 90.1 cm³/mol. The van der Waals surface area contributed by atoms with E-state index in [0.717, 1.165) is 39.2 Å². The summed E-state index contributed by atoms with van der Waals surface area (Å²) in [6.07, 6.45) is 3.91. The molecule has 1 fully saturated rings. The summed E-state index contributed by atoms with van der Waals surface area (Å²) >= 11 is 5.01. The molecule has 0 spiro atoms. The summed E-state index contributed by atoms with van der Waals surface area (Å²) in [5, 5.41) is 4.40. The van der Waals surface area contributed by atoms with E-state index >= 15 is 0 Å². The van der Waals surface area contributed by atoms with Crippen LogP contribution in [0.25, 0.3) is 10.1 Å². The van der Waals surface area contributed by atoms with Gasteiger partial charge in [0.2, 0.25) is 0 Å². The number of aromatic nitrogens is 1. The number of pyridine rings is 1. The first-order chi connectivity index (χ1) is 10.1. The number of amides is 1. The molecule has 21 heavy (non-hydrogen) atoms. The molecule has 0 radical (unpaired) electrons. The SMILES string of the molecule is CN(c1ncc(C(N)=O)c2sc(Br)cc12)[C@H]1CCCNC1. The van der Waals surface area contributed by atoms with Gasteiger partial charge in [-0.1, -0.05) is 0 Å². The number of anilines is 1. The van der Waals surface area contributed by atoms with Crippen LogP contribution in [0.1, 0.15) is 23.2 Å². The fourth-order valence-electron chi connectivity index (χ4n) is 2.77. The number of nitrogens with one attached hydrogen (secondary N) is 1. The molecule has 0 saturated carbocycles. The van der Waals surface area contributed by atoms with Gasteiger partial charge in [-0.25, -0.2) is 4.98 Å². The van der Waals surface area contributed by atoms with Crippen molar-refractivity contribution in [3.8, 4) is 0 Å². The number of primary amides is 1. The Morgan fingerprint density at radius 3 is 3.10 bits per heavy atom. The Balaban J connectivity index is 2.06. The van der Waals surface area contributed by atoms with Crippen molar-refractivity contribution in [1.82, 2.24) is 10.3 Å². The maximum atomic E-state index is 11.6. The summed E-state index contributed by atoms with van der Waals surface area (Å²) in [4.78, 5) is 18.3. The molecule has 7 heteroatoms. The molecule has 1 aliphatic rings. The Hall–Kier alpha value is -1.18. The zero-order valence-electron chi connectivity index (χ0n) is 11.7. The van der Waals surface area contributed by atoms with E-state index in [2.05, 4.69) is 38.2 Å². The molecule has 0 aromatic carbocycles. The van der Waals surface area contributed by atoms with Gasteiger partial charge >= 0.3 is 0 Å². The second-order valence-electron chi connectivity index (χ2n) is 5.26. The molecular formula is C14H17BrN4OS. The molecule has 112 valence electrons. The van der Waals surface area contributed by atoms with Crippen molar-refractivity contribution < 1.29 is 4.79 Å². The van der Waals surface area contributed by atoms with Gasteiger partial charge in [-0.2, -0.15) is 0 Å². The Bertz CT molecular complexity index is 681. The maximum absolute atomic E-state index is 11.6. The highest BCUT2D eigenvalue weighted by Crippen LogP contribution is 2.37. The number of rotatable bonds is 3. The van der Waals surface area contributed by atoms with E-state index in [1.54, 1.807) is 6.20 Å². The van der Waals surface area contributed by atoms with E-state index in [1.165, 1.54) is 17.8 Å². The fourth-order valence-corrected chi connectivity index (χ4v) is 4.38. The number of hydrogen-bond donors (Lipinski definition) is 2. The van der Waals surface area contributed by atoms with Crippen LogP contribution in [0.4, 0.5) is 5.82 Å². The van der Waals surface area contributed by atoms with Gasteiger partial charge in [0, 0.05) is 31.2 Å². The van der Waals surface area contributed by atoms with Gasteiger partial charge in [0.05, 0.1) is 14.0 Å². The molecule has 2 aromatic heterocycles. The van der Waals surface area contributed by atoms with Gasteiger partial charge in [-0.3, -0.25) is 4.79 Å². The quantitative estimate of drug-likeness (QED) is 0.871. The lowest BCUT2D eigenvalue weighted by atomic mass is 10.1. The predicted octanol–water partition coefficient (Wildman–Crippen LogP) is 2.35. The van der Waals surface area contributed by atoms with Crippen LogP contribution in [0.5, 0.6) is 0 Å². The lowest BCUT2D eigenvalue weighted by molar-refractivity contribution is 0.100. The third-order valence-corrected chi connectivity index (χ3v) is 5.59. The third kappa shape index (κ3) is 2.77. The number of hydrogen-bond acceptors (Lipinski definition) is 5. The number of thiophene rings is 1. The number of carbonyl (C=O) groups is 1. The molecule has 3 N–H and O–H groups in total. The van der Waals surface area contributed by atoms with Crippen molar-refractivity contribution in [2.75, 3.05) is 25.0 Å². The largest absolute Gasteiger partial charge is 0.366 e. The number of halogens is 1. The monoisotopic (exact) mass is 368 g/mol. The summed E-state index contributed by atoms with van der Waals surface area (Å²) in [7, 11) is 2.06. The summed E-state index contributed by atoms with van der Waals surface area (Å²) in [5.74, 6) is 0.473. The zero-order valence-corrected chi connectivity index (χ0v) is 14.1. The minimum Gasteiger partial charge on any atom is -0.366 e. The Labute approximate surface area is 135 Å². The van der Waals surface area contributed by atoms with Gasteiger partial charge in [-0.15, -0.1) is 11.3 Å². The summed E-state index contributed by atoms with van der Waals surface area (Å²) < 4.78 is 1.87. The van der Waals surface area contributed by atoms with E-state index in [1.807, 2.05) is 6.07 Å². The van der Waals surface area contributed by atoms with Gasteiger partial charge < -0.3 is 16.0 Å². The molecule has 3 heterocycles. The van der Waals surface area contributed by atoms with Crippen LogP contribution in [0.3, 0.4) is 0 Å². The lowest BCUT2D eigenvalue weighted by Crippen LogP contribution is -2.44. The fraction of sp³-hybridized carbons (Fsp3) is 0.429. The average molecular weight is 369 g/mol. The van der Waals surface area contributed by atoms with Crippen LogP contribution in [0.15, 0.2) is 16.0 Å². The third-order valence-electron chi connectivity index (χ3n) is 3.92. The van der Waals surface area contributed by atoms with E-state index in [0.29, 0.717) is 11.6 Å². The van der Waals surface area contributed by atoms with Crippen molar-refractivity contribution in [3.63, 3.8) is 0 Å². The molecule has 1 saturated heterocycles. The molecule has 5 nitrogen and oxygen atoms in total. The van der Waals surface area contributed by atoms with Gasteiger partial charge in [-0.05, 0) is 41.4 Å².